The minimum atomic E-state index is 0.446. The molecular formula is C15H19N3O3. The van der Waals surface area contributed by atoms with Crippen molar-refractivity contribution >= 4 is 16.7 Å². The number of fused-ring (bicyclic) bond motifs is 1. The normalized spacial score (nSPS) is 18.1. The van der Waals surface area contributed by atoms with Gasteiger partial charge in [0.2, 0.25) is 0 Å². The number of aromatic nitrogens is 2. The number of nitrogens with zero attached hydrogens (tertiary/aromatic N) is 2. The zero-order valence-electron chi connectivity index (χ0n) is 12.3. The van der Waals surface area contributed by atoms with Gasteiger partial charge in [0.15, 0.2) is 5.82 Å². The number of benzene rings is 1. The van der Waals surface area contributed by atoms with Crippen LogP contribution in [0.1, 0.15) is 12.2 Å². The van der Waals surface area contributed by atoms with Crippen molar-refractivity contribution in [2.75, 3.05) is 32.4 Å². The van der Waals surface area contributed by atoms with Crippen LogP contribution in [0.15, 0.2) is 18.2 Å². The average molecular weight is 289 g/mol. The van der Waals surface area contributed by atoms with E-state index in [1.54, 1.807) is 7.11 Å². The Morgan fingerprint density at radius 1 is 1.38 bits per heavy atom. The average Bonchev–Trinajstić information content (AvgIpc) is 3.00. The highest BCUT2D eigenvalue weighted by molar-refractivity contribution is 5.89. The van der Waals surface area contributed by atoms with E-state index in [-0.39, 0.29) is 0 Å². The molecule has 1 atom stereocenters. The number of hydrogen-bond donors (Lipinski definition) is 1. The first-order chi connectivity index (χ1) is 10.3. The van der Waals surface area contributed by atoms with Crippen LogP contribution in [0, 0.1) is 12.8 Å². The maximum atomic E-state index is 5.58. The molecule has 6 nitrogen and oxygen atoms in total. The molecule has 1 aromatic carbocycles. The molecule has 1 unspecified atom stereocenters. The van der Waals surface area contributed by atoms with Crippen LogP contribution in [-0.2, 0) is 9.57 Å². The number of ether oxygens (including phenoxy) is 2. The van der Waals surface area contributed by atoms with Crippen molar-refractivity contribution in [2.45, 2.75) is 13.3 Å². The van der Waals surface area contributed by atoms with Crippen molar-refractivity contribution < 1.29 is 14.3 Å². The molecule has 2 aromatic rings. The highest BCUT2D eigenvalue weighted by Gasteiger charge is 2.16. The summed E-state index contributed by atoms with van der Waals surface area (Å²) >= 11 is 0. The first-order valence-electron chi connectivity index (χ1n) is 7.04. The smallest absolute Gasteiger partial charge is 0.161 e. The second kappa shape index (κ2) is 6.24. The summed E-state index contributed by atoms with van der Waals surface area (Å²) in [7, 11) is 1.64. The first kappa shape index (κ1) is 14.0. The zero-order valence-corrected chi connectivity index (χ0v) is 12.3. The van der Waals surface area contributed by atoms with Crippen LogP contribution in [0.3, 0.4) is 0 Å². The van der Waals surface area contributed by atoms with E-state index in [9.17, 15) is 0 Å². The Morgan fingerprint density at radius 3 is 3.05 bits per heavy atom. The second-order valence-corrected chi connectivity index (χ2v) is 5.15. The van der Waals surface area contributed by atoms with E-state index in [2.05, 4.69) is 15.4 Å². The van der Waals surface area contributed by atoms with Gasteiger partial charge < -0.3 is 9.47 Å². The summed E-state index contributed by atoms with van der Waals surface area (Å²) in [6.45, 7) is 4.05. The third-order valence-electron chi connectivity index (χ3n) is 3.53. The van der Waals surface area contributed by atoms with Crippen molar-refractivity contribution in [3.05, 3.63) is 24.0 Å². The Kier molecular flexibility index (Phi) is 4.17. The van der Waals surface area contributed by atoms with Crippen LogP contribution in [0.2, 0.25) is 0 Å². The molecule has 6 heteroatoms. The fraction of sp³-hybridized carbons (Fsp3) is 0.467. The SMILES string of the molecule is COc1ccc2nc(C)nc(NOCC3CCOC3)c2c1. The summed E-state index contributed by atoms with van der Waals surface area (Å²) in [5.74, 6) is 2.57. The highest BCUT2D eigenvalue weighted by atomic mass is 16.6. The number of aryl methyl sites for hydroxylation is 1. The molecule has 112 valence electrons. The van der Waals surface area contributed by atoms with E-state index in [0.717, 1.165) is 36.3 Å². The van der Waals surface area contributed by atoms with Gasteiger partial charge in [-0.25, -0.2) is 15.4 Å². The highest BCUT2D eigenvalue weighted by Crippen LogP contribution is 2.25. The molecule has 0 saturated carbocycles. The maximum Gasteiger partial charge on any atom is 0.161 e. The van der Waals surface area contributed by atoms with E-state index in [0.29, 0.717) is 24.2 Å². The van der Waals surface area contributed by atoms with Crippen LogP contribution >= 0.6 is 0 Å². The number of hydrogen-bond acceptors (Lipinski definition) is 6. The number of rotatable bonds is 5. The lowest BCUT2D eigenvalue weighted by molar-refractivity contribution is 0.126. The predicted octanol–water partition coefficient (Wildman–Crippen LogP) is 2.33. The van der Waals surface area contributed by atoms with E-state index < -0.39 is 0 Å². The van der Waals surface area contributed by atoms with Gasteiger partial charge in [-0.3, -0.25) is 4.84 Å². The largest absolute Gasteiger partial charge is 0.497 e. The third-order valence-corrected chi connectivity index (χ3v) is 3.53. The van der Waals surface area contributed by atoms with Gasteiger partial charge in [0.25, 0.3) is 0 Å². The van der Waals surface area contributed by atoms with Crippen molar-refractivity contribution in [3.8, 4) is 5.75 Å². The van der Waals surface area contributed by atoms with Gasteiger partial charge in [-0.15, -0.1) is 0 Å². The minimum Gasteiger partial charge on any atom is -0.497 e. The summed E-state index contributed by atoms with van der Waals surface area (Å²) in [4.78, 5) is 14.4. The van der Waals surface area contributed by atoms with E-state index >= 15 is 0 Å². The van der Waals surface area contributed by atoms with Gasteiger partial charge in [-0.05, 0) is 31.5 Å². The lowest BCUT2D eigenvalue weighted by Gasteiger charge is -2.12. The van der Waals surface area contributed by atoms with Crippen LogP contribution in [0.25, 0.3) is 10.9 Å². The molecule has 0 radical (unpaired) electrons. The van der Waals surface area contributed by atoms with Crippen LogP contribution < -0.4 is 10.2 Å². The Morgan fingerprint density at radius 2 is 2.29 bits per heavy atom. The molecule has 1 aliphatic heterocycles. The summed E-state index contributed by atoms with van der Waals surface area (Å²) < 4.78 is 10.6. The predicted molar refractivity (Wildman–Crippen MR) is 79.3 cm³/mol. The van der Waals surface area contributed by atoms with Crippen LogP contribution in [0.4, 0.5) is 5.82 Å². The number of anilines is 1. The monoisotopic (exact) mass is 289 g/mol. The molecule has 2 heterocycles. The molecule has 1 aromatic heterocycles. The minimum absolute atomic E-state index is 0.446. The quantitative estimate of drug-likeness (QED) is 0.852. The van der Waals surface area contributed by atoms with Gasteiger partial charge in [-0.1, -0.05) is 0 Å². The van der Waals surface area contributed by atoms with Crippen molar-refractivity contribution in [3.63, 3.8) is 0 Å². The van der Waals surface area contributed by atoms with E-state index in [1.165, 1.54) is 0 Å². The van der Waals surface area contributed by atoms with Crippen molar-refractivity contribution in [1.82, 2.24) is 9.97 Å². The molecule has 1 saturated heterocycles. The standard InChI is InChI=1S/C15H19N3O3/c1-10-16-14-4-3-12(19-2)7-13(14)15(17-10)18-21-9-11-5-6-20-8-11/h3-4,7,11H,5-6,8-9H2,1-2H3,(H,16,17,18). The summed E-state index contributed by atoms with van der Waals surface area (Å²) in [6, 6.07) is 5.70. The summed E-state index contributed by atoms with van der Waals surface area (Å²) in [5.41, 5.74) is 3.80. The van der Waals surface area contributed by atoms with Crippen molar-refractivity contribution in [1.29, 1.82) is 0 Å². The second-order valence-electron chi connectivity index (χ2n) is 5.15. The zero-order chi connectivity index (χ0) is 14.7. The fourth-order valence-electron chi connectivity index (χ4n) is 2.37. The molecule has 0 aliphatic carbocycles. The van der Waals surface area contributed by atoms with E-state index in [4.69, 9.17) is 14.3 Å². The molecule has 3 rings (SSSR count). The van der Waals surface area contributed by atoms with Gasteiger partial charge in [-0.2, -0.15) is 0 Å². The summed E-state index contributed by atoms with van der Waals surface area (Å²) in [6.07, 6.45) is 1.04. The molecule has 1 fully saturated rings. The third kappa shape index (κ3) is 3.22. The maximum absolute atomic E-state index is 5.58. The van der Waals surface area contributed by atoms with Crippen LogP contribution in [-0.4, -0.2) is 36.9 Å². The van der Waals surface area contributed by atoms with Gasteiger partial charge >= 0.3 is 0 Å². The van der Waals surface area contributed by atoms with Crippen LogP contribution in [0.5, 0.6) is 5.75 Å². The van der Waals surface area contributed by atoms with Gasteiger partial charge in [0.1, 0.15) is 11.6 Å². The molecule has 0 bridgehead atoms. The van der Waals surface area contributed by atoms with E-state index in [1.807, 2.05) is 25.1 Å². The lowest BCUT2D eigenvalue weighted by Crippen LogP contribution is -2.14. The topological polar surface area (TPSA) is 65.5 Å². The molecule has 0 amide bonds. The Labute approximate surface area is 123 Å². The Balaban J connectivity index is 1.78. The molecule has 0 spiro atoms. The van der Waals surface area contributed by atoms with Gasteiger partial charge in [0, 0.05) is 17.9 Å². The Hall–Kier alpha value is -1.92. The molecular weight excluding hydrogens is 270 g/mol. The molecule has 1 N–H and O–H groups in total. The van der Waals surface area contributed by atoms with Crippen molar-refractivity contribution in [2.24, 2.45) is 5.92 Å². The molecule has 1 aliphatic rings. The lowest BCUT2D eigenvalue weighted by atomic mass is 10.1. The summed E-state index contributed by atoms with van der Waals surface area (Å²) in [5, 5.41) is 0.877. The molecule has 21 heavy (non-hydrogen) atoms. The fourth-order valence-corrected chi connectivity index (χ4v) is 2.37. The number of methoxy groups -OCH3 is 1. The number of nitrogens with one attached hydrogen (secondary N) is 1. The Bertz CT molecular complexity index is 627. The van der Waals surface area contributed by atoms with Gasteiger partial charge in [0.05, 0.1) is 25.8 Å². The first-order valence-corrected chi connectivity index (χ1v) is 7.04.